The lowest BCUT2D eigenvalue weighted by Crippen LogP contribution is -2.31. The van der Waals surface area contributed by atoms with E-state index in [0.29, 0.717) is 38.8 Å². The molecule has 10 heteroatoms. The molecule has 0 spiro atoms. The average Bonchev–Trinajstić information content (AvgIpc) is 3.58. The summed E-state index contributed by atoms with van der Waals surface area (Å²) in [7, 11) is 3.05. The molecule has 0 radical (unpaired) electrons. The van der Waals surface area contributed by atoms with E-state index in [9.17, 15) is 9.59 Å². The molecule has 0 bridgehead atoms. The van der Waals surface area contributed by atoms with E-state index in [-0.39, 0.29) is 12.5 Å². The lowest BCUT2D eigenvalue weighted by Gasteiger charge is -2.13. The smallest absolute Gasteiger partial charge is 0.293 e. The quantitative estimate of drug-likeness (QED) is 0.433. The molecule has 0 unspecified atom stereocenters. The maximum absolute atomic E-state index is 13.4. The van der Waals surface area contributed by atoms with Crippen molar-refractivity contribution in [2.75, 3.05) is 19.5 Å². The maximum atomic E-state index is 13.4. The second-order valence-corrected chi connectivity index (χ2v) is 8.47. The normalized spacial score (nSPS) is 13.1. The molecule has 2 aromatic carbocycles. The number of anilines is 1. The first-order valence-electron chi connectivity index (χ1n) is 10.7. The summed E-state index contributed by atoms with van der Waals surface area (Å²) in [6, 6.07) is 12.2. The minimum atomic E-state index is -0.409. The number of carbonyl (C=O) groups excluding carboxylic acids is 1. The molecule has 1 amide bonds. The maximum Gasteiger partial charge on any atom is 0.293 e. The molecule has 2 heterocycles. The third kappa shape index (κ3) is 4.10. The molecule has 0 atom stereocenters. The van der Waals surface area contributed by atoms with Crippen molar-refractivity contribution in [1.29, 1.82) is 0 Å². The summed E-state index contributed by atoms with van der Waals surface area (Å²) in [5.74, 6) is 0.881. The van der Waals surface area contributed by atoms with Gasteiger partial charge < -0.3 is 14.8 Å². The standard InChI is InChI=1S/C24H22ClN5O4/c1-33-17-8-9-19(20(11-17)34-2)27-21(31)13-29-24(32)23-18(22(28-29)14-6-7-14)12-26-30(23)16-5-3-4-15(25)10-16/h3-5,8-12,14H,6-7,13H2,1-2H3,(H,27,31). The van der Waals surface area contributed by atoms with Crippen LogP contribution < -0.4 is 20.3 Å². The number of benzene rings is 2. The van der Waals surface area contributed by atoms with E-state index in [1.807, 2.05) is 6.07 Å². The lowest BCUT2D eigenvalue weighted by molar-refractivity contribution is -0.117. The number of rotatable bonds is 7. The minimum absolute atomic E-state index is 0.246. The van der Waals surface area contributed by atoms with Gasteiger partial charge in [0, 0.05) is 22.4 Å². The summed E-state index contributed by atoms with van der Waals surface area (Å²) < 4.78 is 13.3. The van der Waals surface area contributed by atoms with E-state index >= 15 is 0 Å². The zero-order chi connectivity index (χ0) is 23.8. The number of hydrogen-bond acceptors (Lipinski definition) is 6. The Hall–Kier alpha value is -3.85. The third-order valence-corrected chi connectivity index (χ3v) is 5.94. The predicted octanol–water partition coefficient (Wildman–Crippen LogP) is 3.77. The van der Waals surface area contributed by atoms with Gasteiger partial charge in [0.2, 0.25) is 5.91 Å². The molecule has 4 aromatic rings. The van der Waals surface area contributed by atoms with Gasteiger partial charge in [0.15, 0.2) is 0 Å². The van der Waals surface area contributed by atoms with E-state index in [0.717, 1.165) is 18.5 Å². The number of amides is 1. The number of hydrogen-bond donors (Lipinski definition) is 1. The van der Waals surface area contributed by atoms with Crippen LogP contribution in [0.5, 0.6) is 11.5 Å². The highest BCUT2D eigenvalue weighted by atomic mass is 35.5. The number of carbonyl (C=O) groups is 1. The predicted molar refractivity (Wildman–Crippen MR) is 128 cm³/mol. The first kappa shape index (κ1) is 22.0. The van der Waals surface area contributed by atoms with Crippen molar-refractivity contribution >= 4 is 34.1 Å². The summed E-state index contributed by atoms with van der Waals surface area (Å²) in [5, 5.41) is 13.0. The molecule has 1 N–H and O–H groups in total. The fourth-order valence-electron chi connectivity index (χ4n) is 3.89. The van der Waals surface area contributed by atoms with E-state index in [1.165, 1.54) is 11.8 Å². The van der Waals surface area contributed by atoms with Crippen LogP contribution in [0.2, 0.25) is 5.02 Å². The van der Waals surface area contributed by atoms with E-state index < -0.39 is 11.5 Å². The Labute approximate surface area is 199 Å². The van der Waals surface area contributed by atoms with Crippen LogP contribution in [0.3, 0.4) is 0 Å². The van der Waals surface area contributed by atoms with Crippen LogP contribution >= 0.6 is 11.6 Å². The van der Waals surface area contributed by atoms with Crippen molar-refractivity contribution in [3.05, 3.63) is 69.7 Å². The number of nitrogens with one attached hydrogen (secondary N) is 1. The fraction of sp³-hybridized carbons (Fsp3) is 0.250. The monoisotopic (exact) mass is 479 g/mol. The highest BCUT2D eigenvalue weighted by Gasteiger charge is 2.30. The Morgan fingerprint density at radius 1 is 1.18 bits per heavy atom. The van der Waals surface area contributed by atoms with Gasteiger partial charge in [-0.05, 0) is 43.2 Å². The highest BCUT2D eigenvalue weighted by molar-refractivity contribution is 6.30. The number of aromatic nitrogens is 4. The molecule has 0 saturated heterocycles. The van der Waals surface area contributed by atoms with Gasteiger partial charge in [0.1, 0.15) is 23.6 Å². The lowest BCUT2D eigenvalue weighted by atomic mass is 10.2. The Balaban J connectivity index is 1.52. The number of nitrogens with zero attached hydrogens (tertiary/aromatic N) is 4. The highest BCUT2D eigenvalue weighted by Crippen LogP contribution is 2.41. The van der Waals surface area contributed by atoms with Crippen molar-refractivity contribution in [1.82, 2.24) is 19.6 Å². The summed E-state index contributed by atoms with van der Waals surface area (Å²) in [6.07, 6.45) is 3.63. The fourth-order valence-corrected chi connectivity index (χ4v) is 4.07. The molecule has 0 aliphatic heterocycles. The molecule has 1 aliphatic carbocycles. The molecule has 1 aliphatic rings. The van der Waals surface area contributed by atoms with Gasteiger partial charge in [-0.2, -0.15) is 10.2 Å². The van der Waals surface area contributed by atoms with Gasteiger partial charge in [-0.1, -0.05) is 17.7 Å². The van der Waals surface area contributed by atoms with Crippen LogP contribution in [0.25, 0.3) is 16.6 Å². The van der Waals surface area contributed by atoms with E-state index in [2.05, 4.69) is 15.5 Å². The largest absolute Gasteiger partial charge is 0.497 e. The molecule has 34 heavy (non-hydrogen) atoms. The molecule has 174 valence electrons. The van der Waals surface area contributed by atoms with Crippen LogP contribution in [0.15, 0.2) is 53.5 Å². The van der Waals surface area contributed by atoms with Crippen molar-refractivity contribution in [3.8, 4) is 17.2 Å². The first-order chi connectivity index (χ1) is 16.5. The van der Waals surface area contributed by atoms with Crippen LogP contribution in [-0.4, -0.2) is 39.7 Å². The second kappa shape index (κ2) is 8.83. The van der Waals surface area contributed by atoms with Crippen molar-refractivity contribution in [2.24, 2.45) is 0 Å². The zero-order valence-electron chi connectivity index (χ0n) is 18.6. The molecule has 5 rings (SSSR count). The summed E-state index contributed by atoms with van der Waals surface area (Å²) >= 11 is 6.16. The molecular weight excluding hydrogens is 458 g/mol. The Bertz CT molecular complexity index is 1460. The van der Waals surface area contributed by atoms with Gasteiger partial charge in [0.05, 0.1) is 37.5 Å². The van der Waals surface area contributed by atoms with Crippen LogP contribution in [-0.2, 0) is 11.3 Å². The second-order valence-electron chi connectivity index (χ2n) is 8.04. The SMILES string of the molecule is COc1ccc(NC(=O)Cn2nc(C3CC3)c3cnn(-c4cccc(Cl)c4)c3c2=O)c(OC)c1. The summed E-state index contributed by atoms with van der Waals surface area (Å²) in [5.41, 5.74) is 1.86. The van der Waals surface area contributed by atoms with Crippen LogP contribution in [0, 0.1) is 0 Å². The summed E-state index contributed by atoms with van der Waals surface area (Å²) in [4.78, 5) is 26.3. The zero-order valence-corrected chi connectivity index (χ0v) is 19.4. The third-order valence-electron chi connectivity index (χ3n) is 5.70. The van der Waals surface area contributed by atoms with Crippen LogP contribution in [0.4, 0.5) is 5.69 Å². The number of halogens is 1. The molecule has 1 fully saturated rings. The molecule has 9 nitrogen and oxygen atoms in total. The van der Waals surface area contributed by atoms with E-state index in [4.69, 9.17) is 21.1 Å². The van der Waals surface area contributed by atoms with Gasteiger partial charge in [0.25, 0.3) is 5.56 Å². The Morgan fingerprint density at radius 3 is 2.71 bits per heavy atom. The topological polar surface area (TPSA) is 100 Å². The van der Waals surface area contributed by atoms with Crippen LogP contribution in [0.1, 0.15) is 24.5 Å². The average molecular weight is 480 g/mol. The minimum Gasteiger partial charge on any atom is -0.497 e. The number of methoxy groups -OCH3 is 2. The van der Waals surface area contributed by atoms with Crippen molar-refractivity contribution in [3.63, 3.8) is 0 Å². The van der Waals surface area contributed by atoms with E-state index in [1.54, 1.807) is 54.4 Å². The first-order valence-corrected chi connectivity index (χ1v) is 11.1. The number of fused-ring (bicyclic) bond motifs is 1. The van der Waals surface area contributed by atoms with Crippen molar-refractivity contribution < 1.29 is 14.3 Å². The van der Waals surface area contributed by atoms with Gasteiger partial charge in [-0.25, -0.2) is 9.36 Å². The van der Waals surface area contributed by atoms with Crippen molar-refractivity contribution in [2.45, 2.75) is 25.3 Å². The Kier molecular flexibility index (Phi) is 5.70. The molecule has 2 aromatic heterocycles. The Morgan fingerprint density at radius 2 is 2.00 bits per heavy atom. The number of ether oxygens (including phenoxy) is 2. The van der Waals surface area contributed by atoms with Gasteiger partial charge in [-0.3, -0.25) is 9.59 Å². The molecular formula is C24H22ClN5O4. The van der Waals surface area contributed by atoms with Gasteiger partial charge in [-0.15, -0.1) is 0 Å². The molecule has 1 saturated carbocycles. The van der Waals surface area contributed by atoms with Gasteiger partial charge >= 0.3 is 0 Å². The summed E-state index contributed by atoms with van der Waals surface area (Å²) in [6.45, 7) is -0.260.